The molecule has 12 heteroatoms. The predicted molar refractivity (Wildman–Crippen MR) is 135 cm³/mol. The Hall–Kier alpha value is -3.77. The second kappa shape index (κ2) is 10.5. The number of aromatic nitrogens is 1. The van der Waals surface area contributed by atoms with Gasteiger partial charge in [-0.2, -0.15) is 0 Å². The predicted octanol–water partition coefficient (Wildman–Crippen LogP) is 1.78. The van der Waals surface area contributed by atoms with Crippen LogP contribution in [0.5, 0.6) is 17.2 Å². The van der Waals surface area contributed by atoms with Crippen molar-refractivity contribution in [1.82, 2.24) is 9.88 Å². The fraction of sp³-hybridized carbons (Fsp3) is 0.333. The quantitative estimate of drug-likeness (QED) is 0.437. The summed E-state index contributed by atoms with van der Waals surface area (Å²) in [6.07, 6.45) is 1.80. The summed E-state index contributed by atoms with van der Waals surface area (Å²) >= 11 is 0. The van der Waals surface area contributed by atoms with Crippen LogP contribution in [0.25, 0.3) is 10.9 Å². The van der Waals surface area contributed by atoms with Gasteiger partial charge in [-0.1, -0.05) is 0 Å². The summed E-state index contributed by atoms with van der Waals surface area (Å²) in [5, 5.41) is 3.13. The standard InChI is InChI=1S/C24H30N4O7S/c1-14(25)23(29)26-15(2)24(30)28(17-12-20(33-4)22(35-6)21(13-17)34-5)36(31,32)18-7-8-19-16(11-18)9-10-27(19)3/h7-15H,25H2,1-6H3,(H,26,29)/t14-,15-/m0/s1. The van der Waals surface area contributed by atoms with Crippen molar-refractivity contribution in [2.45, 2.75) is 30.8 Å². The zero-order chi connectivity index (χ0) is 26.8. The number of amides is 2. The molecule has 36 heavy (non-hydrogen) atoms. The van der Waals surface area contributed by atoms with Gasteiger partial charge >= 0.3 is 0 Å². The van der Waals surface area contributed by atoms with Gasteiger partial charge in [0.2, 0.25) is 11.7 Å². The van der Waals surface area contributed by atoms with Crippen LogP contribution in [-0.2, 0) is 26.7 Å². The first-order valence-corrected chi connectivity index (χ1v) is 12.4. The second-order valence-electron chi connectivity index (χ2n) is 8.16. The number of benzene rings is 2. The van der Waals surface area contributed by atoms with Crippen molar-refractivity contribution in [1.29, 1.82) is 0 Å². The maximum atomic E-state index is 14.0. The molecule has 2 aromatic carbocycles. The summed E-state index contributed by atoms with van der Waals surface area (Å²) in [5.41, 5.74) is 6.36. The summed E-state index contributed by atoms with van der Waals surface area (Å²) in [7, 11) is 1.52. The number of anilines is 1. The van der Waals surface area contributed by atoms with E-state index in [-0.39, 0.29) is 27.8 Å². The molecule has 3 rings (SSSR count). The number of hydrogen-bond donors (Lipinski definition) is 2. The second-order valence-corrected chi connectivity index (χ2v) is 9.94. The minimum Gasteiger partial charge on any atom is -0.493 e. The topological polar surface area (TPSA) is 142 Å². The van der Waals surface area contributed by atoms with Crippen LogP contribution in [-0.4, -0.2) is 58.2 Å². The van der Waals surface area contributed by atoms with Crippen LogP contribution in [0.3, 0.4) is 0 Å². The lowest BCUT2D eigenvalue weighted by Crippen LogP contribution is -2.52. The number of fused-ring (bicyclic) bond motifs is 1. The molecule has 1 heterocycles. The Balaban J connectivity index is 2.22. The highest BCUT2D eigenvalue weighted by atomic mass is 32.2. The molecule has 0 radical (unpaired) electrons. The van der Waals surface area contributed by atoms with Crippen molar-refractivity contribution < 1.29 is 32.2 Å². The third kappa shape index (κ3) is 4.95. The van der Waals surface area contributed by atoms with E-state index >= 15 is 0 Å². The van der Waals surface area contributed by atoms with E-state index in [1.807, 2.05) is 11.6 Å². The molecular formula is C24H30N4O7S. The first-order chi connectivity index (χ1) is 17.0. The Morgan fingerprint density at radius 1 is 1.00 bits per heavy atom. The van der Waals surface area contributed by atoms with E-state index in [9.17, 15) is 18.0 Å². The third-order valence-corrected chi connectivity index (χ3v) is 7.34. The number of ether oxygens (including phenoxy) is 3. The number of methoxy groups -OCH3 is 3. The number of rotatable bonds is 9. The average molecular weight is 519 g/mol. The normalized spacial score (nSPS) is 13.1. The molecule has 0 bridgehead atoms. The Kier molecular flexibility index (Phi) is 7.80. The first-order valence-electron chi connectivity index (χ1n) is 11.0. The Bertz CT molecular complexity index is 1370. The number of carbonyl (C=O) groups excluding carboxylic acids is 2. The lowest BCUT2D eigenvalue weighted by atomic mass is 10.2. The van der Waals surface area contributed by atoms with Crippen LogP contribution < -0.4 is 29.6 Å². The number of sulfonamides is 1. The summed E-state index contributed by atoms with van der Waals surface area (Å²) in [6.45, 7) is 2.83. The van der Waals surface area contributed by atoms with Crippen LogP contribution in [0.1, 0.15) is 13.8 Å². The van der Waals surface area contributed by atoms with Crippen molar-refractivity contribution in [3.05, 3.63) is 42.6 Å². The molecule has 0 fully saturated rings. The third-order valence-electron chi connectivity index (χ3n) is 5.62. The highest BCUT2D eigenvalue weighted by Crippen LogP contribution is 2.42. The van der Waals surface area contributed by atoms with Gasteiger partial charge in [-0.15, -0.1) is 0 Å². The molecule has 0 aliphatic rings. The summed E-state index contributed by atoms with van der Waals surface area (Å²) < 4.78 is 46.4. The largest absolute Gasteiger partial charge is 0.493 e. The van der Waals surface area contributed by atoms with Crippen LogP contribution in [0, 0.1) is 0 Å². The molecule has 3 N–H and O–H groups in total. The van der Waals surface area contributed by atoms with Gasteiger partial charge in [0.1, 0.15) is 6.04 Å². The van der Waals surface area contributed by atoms with Crippen molar-refractivity contribution in [2.24, 2.45) is 12.8 Å². The number of nitrogens with zero attached hydrogens (tertiary/aromatic N) is 2. The van der Waals surface area contributed by atoms with E-state index in [1.165, 1.54) is 59.4 Å². The van der Waals surface area contributed by atoms with Gasteiger partial charge in [-0.3, -0.25) is 9.59 Å². The van der Waals surface area contributed by atoms with Crippen molar-refractivity contribution >= 4 is 38.4 Å². The molecule has 0 aliphatic carbocycles. The highest BCUT2D eigenvalue weighted by molar-refractivity contribution is 7.93. The Labute approximate surface area is 209 Å². The van der Waals surface area contributed by atoms with Gasteiger partial charge < -0.3 is 29.8 Å². The number of aryl methyl sites for hydroxylation is 1. The van der Waals surface area contributed by atoms with E-state index in [0.717, 1.165) is 5.52 Å². The van der Waals surface area contributed by atoms with Gasteiger partial charge in [0.05, 0.1) is 38.0 Å². The lowest BCUT2D eigenvalue weighted by molar-refractivity contribution is -0.127. The smallest absolute Gasteiger partial charge is 0.270 e. The molecule has 0 spiro atoms. The van der Waals surface area contributed by atoms with Crippen LogP contribution in [0.15, 0.2) is 47.5 Å². The number of nitrogens with two attached hydrogens (primary N) is 1. The van der Waals surface area contributed by atoms with Crippen LogP contribution >= 0.6 is 0 Å². The fourth-order valence-corrected chi connectivity index (χ4v) is 5.18. The number of nitrogens with one attached hydrogen (secondary N) is 1. The Morgan fingerprint density at radius 3 is 2.14 bits per heavy atom. The molecule has 0 unspecified atom stereocenters. The van der Waals surface area contributed by atoms with Gasteiger partial charge in [-0.05, 0) is 38.1 Å². The SMILES string of the molecule is COc1cc(N(C(=O)[C@H](C)NC(=O)[C@H](C)N)S(=O)(=O)c2ccc3c(ccn3C)c2)cc(OC)c1OC. The van der Waals surface area contributed by atoms with E-state index in [2.05, 4.69) is 5.32 Å². The van der Waals surface area contributed by atoms with E-state index in [1.54, 1.807) is 18.3 Å². The van der Waals surface area contributed by atoms with Crippen molar-refractivity contribution in [3.63, 3.8) is 0 Å². The molecular weight excluding hydrogens is 488 g/mol. The number of carbonyl (C=O) groups is 2. The maximum absolute atomic E-state index is 14.0. The van der Waals surface area contributed by atoms with E-state index in [0.29, 0.717) is 9.69 Å². The van der Waals surface area contributed by atoms with Crippen molar-refractivity contribution in [2.75, 3.05) is 25.6 Å². The molecule has 3 aromatic rings. The van der Waals surface area contributed by atoms with Gasteiger partial charge in [0, 0.05) is 36.3 Å². The minimum absolute atomic E-state index is 0.0652. The van der Waals surface area contributed by atoms with Crippen LogP contribution in [0.4, 0.5) is 5.69 Å². The summed E-state index contributed by atoms with van der Waals surface area (Å²) in [4.78, 5) is 25.7. The molecule has 194 valence electrons. The van der Waals surface area contributed by atoms with Crippen molar-refractivity contribution in [3.8, 4) is 17.2 Å². The van der Waals surface area contributed by atoms with Gasteiger partial charge in [0.25, 0.3) is 15.9 Å². The van der Waals surface area contributed by atoms with E-state index in [4.69, 9.17) is 19.9 Å². The minimum atomic E-state index is -4.47. The zero-order valence-corrected chi connectivity index (χ0v) is 21.8. The van der Waals surface area contributed by atoms with Gasteiger partial charge in [-0.25, -0.2) is 12.7 Å². The summed E-state index contributed by atoms with van der Waals surface area (Å²) in [6, 6.07) is 6.89. The van der Waals surface area contributed by atoms with Gasteiger partial charge in [0.15, 0.2) is 11.5 Å². The van der Waals surface area contributed by atoms with Crippen LogP contribution in [0.2, 0.25) is 0 Å². The monoisotopic (exact) mass is 518 g/mol. The molecule has 1 aromatic heterocycles. The first kappa shape index (κ1) is 26.8. The summed E-state index contributed by atoms with van der Waals surface area (Å²) in [5.74, 6) is -1.01. The van der Waals surface area contributed by atoms with E-state index < -0.39 is 33.9 Å². The number of hydrogen-bond acceptors (Lipinski definition) is 8. The lowest BCUT2D eigenvalue weighted by Gasteiger charge is -2.27. The molecule has 0 aliphatic heterocycles. The molecule has 11 nitrogen and oxygen atoms in total. The fourth-order valence-electron chi connectivity index (χ4n) is 3.68. The highest BCUT2D eigenvalue weighted by Gasteiger charge is 2.36. The maximum Gasteiger partial charge on any atom is 0.270 e. The molecule has 2 atom stereocenters. The Morgan fingerprint density at radius 2 is 1.61 bits per heavy atom. The zero-order valence-electron chi connectivity index (χ0n) is 20.9. The average Bonchev–Trinajstić information content (AvgIpc) is 3.22. The molecule has 2 amide bonds. The molecule has 0 saturated heterocycles. The molecule has 0 saturated carbocycles.